The highest BCUT2D eigenvalue weighted by molar-refractivity contribution is 7.15. The summed E-state index contributed by atoms with van der Waals surface area (Å²) >= 11 is 1.38. The lowest BCUT2D eigenvalue weighted by molar-refractivity contribution is -0.150. The molecule has 2 atom stereocenters. The number of carbonyl (C=O) groups is 1. The average Bonchev–Trinajstić information content (AvgIpc) is 3.20. The van der Waals surface area contributed by atoms with Crippen molar-refractivity contribution >= 4 is 17.3 Å². The van der Waals surface area contributed by atoms with Crippen molar-refractivity contribution in [2.45, 2.75) is 58.9 Å². The number of thiazole rings is 1. The molecule has 0 aliphatic carbocycles. The molecule has 3 rings (SSSR count). The molecule has 0 saturated carbocycles. The summed E-state index contributed by atoms with van der Waals surface area (Å²) in [6.45, 7) is 7.82. The van der Waals surface area contributed by atoms with Crippen LogP contribution in [0.25, 0.3) is 10.6 Å². The number of ether oxygens (including phenoxy) is 2. The first-order valence-corrected chi connectivity index (χ1v) is 12.1. The van der Waals surface area contributed by atoms with Crippen LogP contribution in [0.5, 0.6) is 5.75 Å². The first-order chi connectivity index (χ1) is 16.5. The number of nitrogens with zero attached hydrogens (tertiary/aromatic N) is 1. The van der Waals surface area contributed by atoms with Crippen molar-refractivity contribution < 1.29 is 32.5 Å². The zero-order valence-corrected chi connectivity index (χ0v) is 20.8. The fourth-order valence-electron chi connectivity index (χ4n) is 3.79. The Morgan fingerprint density at radius 3 is 2.37 bits per heavy atom. The third-order valence-corrected chi connectivity index (χ3v) is 6.95. The first-order valence-electron chi connectivity index (χ1n) is 11.3. The summed E-state index contributed by atoms with van der Waals surface area (Å²) in [7, 11) is 0. The molecular formula is C26H28F3NO4S. The van der Waals surface area contributed by atoms with E-state index in [1.54, 1.807) is 6.92 Å². The molecule has 5 nitrogen and oxygen atoms in total. The minimum absolute atomic E-state index is 0.270. The molecule has 0 fully saturated rings. The topological polar surface area (TPSA) is 68.7 Å². The van der Waals surface area contributed by atoms with Gasteiger partial charge in [0, 0.05) is 18.6 Å². The lowest BCUT2D eigenvalue weighted by atomic mass is 9.99. The van der Waals surface area contributed by atoms with Crippen LogP contribution in [0.2, 0.25) is 0 Å². The van der Waals surface area contributed by atoms with E-state index in [1.165, 1.54) is 23.5 Å². The molecule has 3 aromatic rings. The number of rotatable bonds is 10. The second kappa shape index (κ2) is 11.2. The van der Waals surface area contributed by atoms with Gasteiger partial charge in [-0.1, -0.05) is 25.1 Å². The minimum atomic E-state index is -4.38. The van der Waals surface area contributed by atoms with Crippen molar-refractivity contribution in [3.8, 4) is 16.3 Å². The second-order valence-electron chi connectivity index (χ2n) is 8.07. The quantitative estimate of drug-likeness (QED) is 0.324. The highest BCUT2D eigenvalue weighted by Gasteiger charge is 2.30. The molecule has 2 aromatic carbocycles. The van der Waals surface area contributed by atoms with Gasteiger partial charge in [-0.15, -0.1) is 11.3 Å². The predicted octanol–water partition coefficient (Wildman–Crippen LogP) is 6.87. The molecular weight excluding hydrogens is 479 g/mol. The Balaban J connectivity index is 1.77. The number of halogens is 3. The van der Waals surface area contributed by atoms with Crippen LogP contribution < -0.4 is 4.74 Å². The molecule has 0 spiro atoms. The highest BCUT2D eigenvalue weighted by Crippen LogP contribution is 2.36. The van der Waals surface area contributed by atoms with Gasteiger partial charge in [0.15, 0.2) is 6.10 Å². The molecule has 1 heterocycles. The highest BCUT2D eigenvalue weighted by atomic mass is 32.1. The number of aromatic nitrogens is 1. The lowest BCUT2D eigenvalue weighted by Crippen LogP contribution is -2.26. The van der Waals surface area contributed by atoms with E-state index in [-0.39, 0.29) is 12.5 Å². The van der Waals surface area contributed by atoms with Gasteiger partial charge in [-0.05, 0) is 62.6 Å². The standard InChI is InChI=1S/C26H28F3NO4S/c1-5-17-13-21(12-9-19(17)14-22(25(31)32)33-6-2)34-16(4)23-15(3)30-24(35-23)18-7-10-20(11-8-18)26(27,28)29/h7-13,16,22H,5-6,14H2,1-4H3,(H,31,32)/t16-,22+/m1/s1. The zero-order valence-electron chi connectivity index (χ0n) is 20.0. The van der Waals surface area contributed by atoms with Crippen LogP contribution in [0.15, 0.2) is 42.5 Å². The summed E-state index contributed by atoms with van der Waals surface area (Å²) in [5, 5.41) is 10.0. The van der Waals surface area contributed by atoms with Crippen molar-refractivity contribution in [3.05, 3.63) is 69.7 Å². The van der Waals surface area contributed by atoms with Gasteiger partial charge in [0.25, 0.3) is 0 Å². The van der Waals surface area contributed by atoms with E-state index in [0.29, 0.717) is 29.3 Å². The van der Waals surface area contributed by atoms with Gasteiger partial charge in [0.05, 0.1) is 16.1 Å². The predicted molar refractivity (Wildman–Crippen MR) is 129 cm³/mol. The Morgan fingerprint density at radius 1 is 1.11 bits per heavy atom. The third kappa shape index (κ3) is 6.61. The van der Waals surface area contributed by atoms with Gasteiger partial charge >= 0.3 is 12.1 Å². The van der Waals surface area contributed by atoms with Crippen molar-refractivity contribution in [1.82, 2.24) is 4.98 Å². The minimum Gasteiger partial charge on any atom is -0.485 e. The van der Waals surface area contributed by atoms with Gasteiger partial charge in [0.1, 0.15) is 16.9 Å². The van der Waals surface area contributed by atoms with E-state index in [0.717, 1.165) is 33.8 Å². The van der Waals surface area contributed by atoms with Crippen LogP contribution in [0.1, 0.15) is 54.1 Å². The van der Waals surface area contributed by atoms with E-state index < -0.39 is 23.8 Å². The largest absolute Gasteiger partial charge is 0.485 e. The second-order valence-corrected chi connectivity index (χ2v) is 9.10. The molecule has 0 radical (unpaired) electrons. The summed E-state index contributed by atoms with van der Waals surface area (Å²) in [6, 6.07) is 10.5. The average molecular weight is 508 g/mol. The number of carboxylic acids is 1. The molecule has 188 valence electrons. The van der Waals surface area contributed by atoms with Crippen LogP contribution in [0.4, 0.5) is 13.2 Å². The van der Waals surface area contributed by atoms with E-state index in [1.807, 2.05) is 39.0 Å². The number of aliphatic carboxylic acids is 1. The van der Waals surface area contributed by atoms with Crippen LogP contribution in [0, 0.1) is 6.92 Å². The number of hydrogen-bond donors (Lipinski definition) is 1. The Labute approximate surface area is 206 Å². The summed E-state index contributed by atoms with van der Waals surface area (Å²) in [5.74, 6) is -0.349. The molecule has 9 heteroatoms. The van der Waals surface area contributed by atoms with Crippen molar-refractivity contribution in [3.63, 3.8) is 0 Å². The number of alkyl halides is 3. The number of carboxylic acid groups (broad SMARTS) is 1. The van der Waals surface area contributed by atoms with Gasteiger partial charge < -0.3 is 14.6 Å². The molecule has 0 saturated heterocycles. The fraction of sp³-hybridized carbons (Fsp3) is 0.385. The number of benzene rings is 2. The fourth-order valence-corrected chi connectivity index (χ4v) is 4.84. The molecule has 0 aliphatic rings. The summed E-state index contributed by atoms with van der Waals surface area (Å²) in [6.07, 6.45) is -4.64. The van der Waals surface area contributed by atoms with Gasteiger partial charge in [-0.3, -0.25) is 0 Å². The Hall–Kier alpha value is -2.91. The maximum Gasteiger partial charge on any atom is 0.416 e. The SMILES string of the molecule is CCO[C@@H](Cc1ccc(O[C@H](C)c2sc(-c3ccc(C(F)(F)F)cc3)nc2C)cc1CC)C(=O)O. The monoisotopic (exact) mass is 507 g/mol. The summed E-state index contributed by atoms with van der Waals surface area (Å²) < 4.78 is 50.1. The van der Waals surface area contributed by atoms with Crippen molar-refractivity contribution in [2.75, 3.05) is 6.61 Å². The van der Waals surface area contributed by atoms with Crippen LogP contribution in [-0.4, -0.2) is 28.8 Å². The summed E-state index contributed by atoms with van der Waals surface area (Å²) in [4.78, 5) is 16.9. The van der Waals surface area contributed by atoms with Crippen molar-refractivity contribution in [2.24, 2.45) is 0 Å². The molecule has 35 heavy (non-hydrogen) atoms. The maximum atomic E-state index is 12.9. The molecule has 1 N–H and O–H groups in total. The van der Waals surface area contributed by atoms with Crippen LogP contribution in [-0.2, 0) is 28.5 Å². The zero-order chi connectivity index (χ0) is 25.8. The van der Waals surface area contributed by atoms with Gasteiger partial charge in [-0.25, -0.2) is 9.78 Å². The number of hydrogen-bond acceptors (Lipinski definition) is 5. The lowest BCUT2D eigenvalue weighted by Gasteiger charge is -2.18. The van der Waals surface area contributed by atoms with Gasteiger partial charge in [-0.2, -0.15) is 13.2 Å². The number of aryl methyl sites for hydroxylation is 2. The van der Waals surface area contributed by atoms with E-state index in [4.69, 9.17) is 9.47 Å². The van der Waals surface area contributed by atoms with E-state index in [9.17, 15) is 23.1 Å². The smallest absolute Gasteiger partial charge is 0.416 e. The first kappa shape index (κ1) is 26.7. The molecule has 0 unspecified atom stereocenters. The van der Waals surface area contributed by atoms with Crippen LogP contribution in [0.3, 0.4) is 0 Å². The molecule has 1 aromatic heterocycles. The normalized spacial score (nSPS) is 13.5. The molecule has 0 bridgehead atoms. The summed E-state index contributed by atoms with van der Waals surface area (Å²) in [5.41, 5.74) is 2.55. The molecule has 0 aliphatic heterocycles. The third-order valence-electron chi connectivity index (χ3n) is 5.58. The maximum absolute atomic E-state index is 12.9. The van der Waals surface area contributed by atoms with Gasteiger partial charge in [0.2, 0.25) is 0 Å². The molecule has 0 amide bonds. The Bertz CT molecular complexity index is 1160. The van der Waals surface area contributed by atoms with Crippen LogP contribution >= 0.6 is 11.3 Å². The van der Waals surface area contributed by atoms with E-state index in [2.05, 4.69) is 4.98 Å². The van der Waals surface area contributed by atoms with E-state index >= 15 is 0 Å². The van der Waals surface area contributed by atoms with Crippen molar-refractivity contribution in [1.29, 1.82) is 0 Å². The Kier molecular flexibility index (Phi) is 8.56. The Morgan fingerprint density at radius 2 is 1.80 bits per heavy atom.